The summed E-state index contributed by atoms with van der Waals surface area (Å²) in [5, 5.41) is 15.2. The van der Waals surface area contributed by atoms with Crippen molar-refractivity contribution in [3.8, 4) is 28.8 Å². The summed E-state index contributed by atoms with van der Waals surface area (Å²) in [6, 6.07) is 13.3. The fourth-order valence-electron chi connectivity index (χ4n) is 2.23. The first-order valence-corrected chi connectivity index (χ1v) is 8.76. The Balaban J connectivity index is 1.65. The normalized spacial score (nSPS) is 10.6. The van der Waals surface area contributed by atoms with E-state index >= 15 is 0 Å². The lowest BCUT2D eigenvalue weighted by Gasteiger charge is -2.08. The highest BCUT2D eigenvalue weighted by molar-refractivity contribution is 7.14. The van der Waals surface area contributed by atoms with Gasteiger partial charge in [-0.3, -0.25) is 5.43 Å². The number of nitrogens with zero attached hydrogens (tertiary/aromatic N) is 3. The Bertz CT molecular complexity index is 980. The van der Waals surface area contributed by atoms with Crippen molar-refractivity contribution in [3.05, 3.63) is 59.2 Å². The molecule has 0 radical (unpaired) electrons. The standard InChI is InChI=1S/C19H15FN4O2S/c1-25-18-10-13(2-7-17(18)26-9-8-21)11-22-24-19-23-16(12-27-19)14-3-5-15(20)6-4-14/h2-7,10-12H,9H2,1H3,(H,23,24)/b22-11-. The van der Waals surface area contributed by atoms with E-state index in [1.165, 1.54) is 30.6 Å². The molecule has 1 N–H and O–H groups in total. The molecule has 1 aromatic heterocycles. The SMILES string of the molecule is COc1cc(/C=N\Nc2nc(-c3ccc(F)cc3)cs2)ccc1OCC#N. The third-order valence-corrected chi connectivity index (χ3v) is 4.24. The zero-order valence-electron chi connectivity index (χ0n) is 14.3. The van der Waals surface area contributed by atoms with Crippen LogP contribution >= 0.6 is 11.3 Å². The van der Waals surface area contributed by atoms with Crippen LogP contribution in [0.4, 0.5) is 9.52 Å². The van der Waals surface area contributed by atoms with Crippen LogP contribution in [0.15, 0.2) is 52.9 Å². The Kier molecular flexibility index (Phi) is 5.97. The van der Waals surface area contributed by atoms with Gasteiger partial charge >= 0.3 is 0 Å². The highest BCUT2D eigenvalue weighted by atomic mass is 32.1. The second-order valence-corrected chi connectivity index (χ2v) is 6.13. The lowest BCUT2D eigenvalue weighted by molar-refractivity contribution is 0.329. The van der Waals surface area contributed by atoms with E-state index < -0.39 is 0 Å². The molecule has 0 bridgehead atoms. The number of halogens is 1. The first kappa shape index (κ1) is 18.4. The quantitative estimate of drug-likeness (QED) is 0.487. The summed E-state index contributed by atoms with van der Waals surface area (Å²) in [6.45, 7) is -0.0498. The Hall–Kier alpha value is -3.44. The van der Waals surface area contributed by atoms with Gasteiger partial charge in [-0.1, -0.05) is 0 Å². The van der Waals surface area contributed by atoms with E-state index in [1.807, 2.05) is 11.4 Å². The maximum atomic E-state index is 13.0. The third-order valence-electron chi connectivity index (χ3n) is 3.50. The molecule has 0 spiro atoms. The molecule has 3 aromatic rings. The number of nitriles is 1. The second-order valence-electron chi connectivity index (χ2n) is 5.27. The van der Waals surface area contributed by atoms with Crippen LogP contribution in [-0.4, -0.2) is 24.9 Å². The van der Waals surface area contributed by atoms with Crippen molar-refractivity contribution in [1.29, 1.82) is 5.26 Å². The van der Waals surface area contributed by atoms with Crippen molar-refractivity contribution >= 4 is 22.7 Å². The number of anilines is 1. The minimum absolute atomic E-state index is 0.0498. The fraction of sp³-hybridized carbons (Fsp3) is 0.105. The lowest BCUT2D eigenvalue weighted by atomic mass is 10.2. The zero-order valence-corrected chi connectivity index (χ0v) is 15.2. The number of benzene rings is 2. The first-order chi connectivity index (χ1) is 13.2. The highest BCUT2D eigenvalue weighted by Crippen LogP contribution is 2.28. The number of methoxy groups -OCH3 is 1. The van der Waals surface area contributed by atoms with Gasteiger partial charge in [0.1, 0.15) is 11.9 Å². The van der Waals surface area contributed by atoms with Crippen LogP contribution in [0.1, 0.15) is 5.56 Å². The molecule has 136 valence electrons. The molecule has 0 saturated heterocycles. The molecule has 0 fully saturated rings. The predicted molar refractivity (Wildman–Crippen MR) is 103 cm³/mol. The Labute approximate surface area is 159 Å². The molecule has 3 rings (SSSR count). The number of hydrazone groups is 1. The van der Waals surface area contributed by atoms with E-state index in [0.29, 0.717) is 16.6 Å². The van der Waals surface area contributed by atoms with E-state index in [9.17, 15) is 4.39 Å². The zero-order chi connectivity index (χ0) is 19.1. The summed E-state index contributed by atoms with van der Waals surface area (Å²) < 4.78 is 23.5. The van der Waals surface area contributed by atoms with Crippen LogP contribution in [-0.2, 0) is 0 Å². The topological polar surface area (TPSA) is 79.5 Å². The van der Waals surface area contributed by atoms with Crippen LogP contribution in [0.5, 0.6) is 11.5 Å². The highest BCUT2D eigenvalue weighted by Gasteiger charge is 2.06. The van der Waals surface area contributed by atoms with Crippen LogP contribution in [0.2, 0.25) is 0 Å². The van der Waals surface area contributed by atoms with Crippen LogP contribution in [0.25, 0.3) is 11.3 Å². The van der Waals surface area contributed by atoms with Gasteiger partial charge in [-0.05, 0) is 48.0 Å². The Morgan fingerprint density at radius 1 is 1.26 bits per heavy atom. The number of nitrogens with one attached hydrogen (secondary N) is 1. The molecule has 0 atom stereocenters. The van der Waals surface area contributed by atoms with E-state index in [4.69, 9.17) is 14.7 Å². The van der Waals surface area contributed by atoms with E-state index in [1.54, 1.807) is 36.5 Å². The van der Waals surface area contributed by atoms with Gasteiger partial charge in [0, 0.05) is 10.9 Å². The van der Waals surface area contributed by atoms with Gasteiger partial charge in [0.2, 0.25) is 5.13 Å². The van der Waals surface area contributed by atoms with Gasteiger partial charge < -0.3 is 9.47 Å². The van der Waals surface area contributed by atoms with Gasteiger partial charge in [0.15, 0.2) is 18.1 Å². The van der Waals surface area contributed by atoms with Gasteiger partial charge in [0.25, 0.3) is 0 Å². The molecule has 2 aromatic carbocycles. The smallest absolute Gasteiger partial charge is 0.203 e. The molecule has 0 aliphatic carbocycles. The lowest BCUT2D eigenvalue weighted by Crippen LogP contribution is -1.98. The summed E-state index contributed by atoms with van der Waals surface area (Å²) >= 11 is 1.40. The molecule has 0 saturated carbocycles. The molecule has 6 nitrogen and oxygen atoms in total. The molecular weight excluding hydrogens is 367 g/mol. The van der Waals surface area contributed by atoms with Gasteiger partial charge in [-0.25, -0.2) is 9.37 Å². The van der Waals surface area contributed by atoms with Gasteiger partial charge in [-0.2, -0.15) is 10.4 Å². The summed E-state index contributed by atoms with van der Waals surface area (Å²) in [5.41, 5.74) is 5.24. The molecule has 1 heterocycles. The van der Waals surface area contributed by atoms with E-state index in [-0.39, 0.29) is 12.4 Å². The Morgan fingerprint density at radius 2 is 2.07 bits per heavy atom. The number of thiazole rings is 1. The molecular formula is C19H15FN4O2S. The van der Waals surface area contributed by atoms with Crippen LogP contribution in [0, 0.1) is 17.1 Å². The molecule has 0 aliphatic rings. The summed E-state index contributed by atoms with van der Waals surface area (Å²) in [5.74, 6) is 0.728. The second kappa shape index (κ2) is 8.78. The van der Waals surface area contributed by atoms with Crippen molar-refractivity contribution in [3.63, 3.8) is 0 Å². The average molecular weight is 382 g/mol. The number of ether oxygens (including phenoxy) is 2. The van der Waals surface area contributed by atoms with Gasteiger partial charge in [-0.15, -0.1) is 11.3 Å². The number of aromatic nitrogens is 1. The summed E-state index contributed by atoms with van der Waals surface area (Å²) in [4.78, 5) is 4.42. The van der Waals surface area contributed by atoms with E-state index in [0.717, 1.165) is 16.8 Å². The monoisotopic (exact) mass is 382 g/mol. The molecule has 0 unspecified atom stereocenters. The van der Waals surface area contributed by atoms with Gasteiger partial charge in [0.05, 0.1) is 19.0 Å². The van der Waals surface area contributed by atoms with Crippen LogP contribution < -0.4 is 14.9 Å². The molecule has 8 heteroatoms. The maximum absolute atomic E-state index is 13.0. The minimum Gasteiger partial charge on any atom is -0.493 e. The fourth-order valence-corrected chi connectivity index (χ4v) is 2.90. The summed E-state index contributed by atoms with van der Waals surface area (Å²) in [7, 11) is 1.53. The third kappa shape index (κ3) is 4.80. The van der Waals surface area contributed by atoms with Crippen molar-refractivity contribution in [1.82, 2.24) is 4.98 Å². The average Bonchev–Trinajstić information content (AvgIpc) is 3.16. The maximum Gasteiger partial charge on any atom is 0.203 e. The number of hydrogen-bond acceptors (Lipinski definition) is 7. The molecule has 0 aliphatic heterocycles. The van der Waals surface area contributed by atoms with Crippen molar-refractivity contribution in [2.45, 2.75) is 0 Å². The largest absolute Gasteiger partial charge is 0.493 e. The van der Waals surface area contributed by atoms with Crippen LogP contribution in [0.3, 0.4) is 0 Å². The van der Waals surface area contributed by atoms with Crippen molar-refractivity contribution in [2.24, 2.45) is 5.10 Å². The summed E-state index contributed by atoms with van der Waals surface area (Å²) in [6.07, 6.45) is 1.62. The predicted octanol–water partition coefficient (Wildman–Crippen LogP) is 4.31. The number of rotatable bonds is 7. The Morgan fingerprint density at radius 3 is 2.81 bits per heavy atom. The van der Waals surface area contributed by atoms with Crippen molar-refractivity contribution in [2.75, 3.05) is 19.1 Å². The minimum atomic E-state index is -0.281. The molecule has 27 heavy (non-hydrogen) atoms. The molecule has 0 amide bonds. The van der Waals surface area contributed by atoms with Crippen molar-refractivity contribution < 1.29 is 13.9 Å². The van der Waals surface area contributed by atoms with E-state index in [2.05, 4.69) is 15.5 Å². The first-order valence-electron chi connectivity index (χ1n) is 7.88. The number of hydrogen-bond donors (Lipinski definition) is 1.